The highest BCUT2D eigenvalue weighted by molar-refractivity contribution is 7.09. The summed E-state index contributed by atoms with van der Waals surface area (Å²) in [5.74, 6) is 0.732. The average Bonchev–Trinajstić information content (AvgIpc) is 2.89. The van der Waals surface area contributed by atoms with E-state index in [1.807, 2.05) is 18.2 Å². The summed E-state index contributed by atoms with van der Waals surface area (Å²) in [6.07, 6.45) is 1.06. The minimum Gasteiger partial charge on any atom is -0.495 e. The molecule has 18 heavy (non-hydrogen) atoms. The van der Waals surface area contributed by atoms with Crippen molar-refractivity contribution in [3.63, 3.8) is 0 Å². The Kier molecular flexibility index (Phi) is 4.10. The van der Waals surface area contributed by atoms with Crippen molar-refractivity contribution < 1.29 is 4.74 Å². The summed E-state index contributed by atoms with van der Waals surface area (Å²) in [5, 5.41) is 2.11. The molecule has 4 heteroatoms. The van der Waals surface area contributed by atoms with Gasteiger partial charge in [0.1, 0.15) is 5.75 Å². The third-order valence-electron chi connectivity index (χ3n) is 2.93. The molecule has 0 fully saturated rings. The predicted molar refractivity (Wildman–Crippen MR) is 78.7 cm³/mol. The molecule has 0 aliphatic heterocycles. The Morgan fingerprint density at radius 1 is 1.33 bits per heavy atom. The van der Waals surface area contributed by atoms with Crippen molar-refractivity contribution in [2.45, 2.75) is 6.42 Å². The average molecular weight is 262 g/mol. The largest absolute Gasteiger partial charge is 0.495 e. The second-order valence-corrected chi connectivity index (χ2v) is 5.21. The van der Waals surface area contributed by atoms with Gasteiger partial charge in [-0.2, -0.15) is 0 Å². The number of nitrogens with zero attached hydrogens (tertiary/aromatic N) is 1. The van der Waals surface area contributed by atoms with Crippen LogP contribution >= 0.6 is 11.3 Å². The first-order valence-corrected chi connectivity index (χ1v) is 6.75. The summed E-state index contributed by atoms with van der Waals surface area (Å²) in [6.45, 7) is 0.980. The highest BCUT2D eigenvalue weighted by Gasteiger charge is 2.05. The van der Waals surface area contributed by atoms with Gasteiger partial charge in [0.2, 0.25) is 0 Å². The Morgan fingerprint density at radius 2 is 2.17 bits per heavy atom. The van der Waals surface area contributed by atoms with Gasteiger partial charge in [0.05, 0.1) is 12.8 Å². The Morgan fingerprint density at radius 3 is 2.83 bits per heavy atom. The Balaban J connectivity index is 2.02. The number of benzene rings is 1. The zero-order valence-electron chi connectivity index (χ0n) is 10.7. The monoisotopic (exact) mass is 262 g/mol. The quantitative estimate of drug-likeness (QED) is 0.842. The third-order valence-corrected chi connectivity index (χ3v) is 3.87. The summed E-state index contributed by atoms with van der Waals surface area (Å²) in [7, 11) is 3.72. The first-order chi connectivity index (χ1) is 8.70. The minimum atomic E-state index is 0.674. The van der Waals surface area contributed by atoms with E-state index >= 15 is 0 Å². The number of ether oxygens (including phenoxy) is 1. The Bertz CT molecular complexity index is 497. The maximum Gasteiger partial charge on any atom is 0.143 e. The molecular formula is C14H18N2OS. The molecule has 2 rings (SSSR count). The molecule has 3 nitrogen and oxygen atoms in total. The molecule has 0 unspecified atom stereocenters. The van der Waals surface area contributed by atoms with Crippen LogP contribution in [0.3, 0.4) is 0 Å². The summed E-state index contributed by atoms with van der Waals surface area (Å²) in [4.78, 5) is 3.62. The lowest BCUT2D eigenvalue weighted by Crippen LogP contribution is -2.20. The normalized spacial score (nSPS) is 10.3. The molecule has 1 aromatic heterocycles. The second-order valence-electron chi connectivity index (χ2n) is 4.18. The maximum atomic E-state index is 5.81. The van der Waals surface area contributed by atoms with Crippen LogP contribution in [0.25, 0.3) is 0 Å². The fraction of sp³-hybridized carbons (Fsp3) is 0.286. The van der Waals surface area contributed by atoms with E-state index in [4.69, 9.17) is 10.5 Å². The highest BCUT2D eigenvalue weighted by atomic mass is 32.1. The van der Waals surface area contributed by atoms with Gasteiger partial charge in [-0.3, -0.25) is 0 Å². The van der Waals surface area contributed by atoms with E-state index in [0.29, 0.717) is 5.69 Å². The topological polar surface area (TPSA) is 38.5 Å². The van der Waals surface area contributed by atoms with E-state index in [1.54, 1.807) is 18.4 Å². The highest BCUT2D eigenvalue weighted by Crippen LogP contribution is 2.27. The van der Waals surface area contributed by atoms with Crippen molar-refractivity contribution in [3.05, 3.63) is 40.6 Å². The van der Waals surface area contributed by atoms with Crippen LogP contribution in [0.15, 0.2) is 35.7 Å². The van der Waals surface area contributed by atoms with Crippen LogP contribution in [0.1, 0.15) is 4.88 Å². The lowest BCUT2D eigenvalue weighted by molar-refractivity contribution is 0.417. The van der Waals surface area contributed by atoms with Crippen molar-refractivity contribution in [2.24, 2.45) is 0 Å². The van der Waals surface area contributed by atoms with E-state index in [1.165, 1.54) is 4.88 Å². The molecule has 2 aromatic rings. The molecule has 0 saturated heterocycles. The molecule has 0 aliphatic carbocycles. The molecule has 0 bridgehead atoms. The van der Waals surface area contributed by atoms with Crippen LogP contribution in [0.5, 0.6) is 5.75 Å². The number of rotatable bonds is 5. The zero-order chi connectivity index (χ0) is 13.0. The molecule has 0 spiro atoms. The van der Waals surface area contributed by atoms with E-state index in [0.717, 1.165) is 24.4 Å². The fourth-order valence-corrected chi connectivity index (χ4v) is 2.50. The number of nitrogen functional groups attached to an aromatic ring is 1. The van der Waals surface area contributed by atoms with Gasteiger partial charge in [-0.05, 0) is 30.0 Å². The van der Waals surface area contributed by atoms with Crippen molar-refractivity contribution in [1.29, 1.82) is 0 Å². The molecule has 96 valence electrons. The van der Waals surface area contributed by atoms with Gasteiger partial charge in [0, 0.05) is 30.2 Å². The second kappa shape index (κ2) is 5.78. The number of hydrogen-bond acceptors (Lipinski definition) is 4. The molecule has 1 heterocycles. The standard InChI is InChI=1S/C14H18N2OS/c1-16(8-7-12-4-3-9-18-12)11-5-6-13(15)14(10-11)17-2/h3-6,9-10H,7-8,15H2,1-2H3. The maximum absolute atomic E-state index is 5.81. The number of hydrogen-bond donors (Lipinski definition) is 1. The van der Waals surface area contributed by atoms with E-state index in [-0.39, 0.29) is 0 Å². The van der Waals surface area contributed by atoms with Gasteiger partial charge < -0.3 is 15.4 Å². The van der Waals surface area contributed by atoms with Crippen LogP contribution in [0.2, 0.25) is 0 Å². The lowest BCUT2D eigenvalue weighted by atomic mass is 10.2. The van der Waals surface area contributed by atoms with Crippen molar-refractivity contribution in [2.75, 3.05) is 31.3 Å². The van der Waals surface area contributed by atoms with Gasteiger partial charge in [-0.25, -0.2) is 0 Å². The van der Waals surface area contributed by atoms with Crippen LogP contribution in [0.4, 0.5) is 11.4 Å². The summed E-state index contributed by atoms with van der Waals surface area (Å²) < 4.78 is 5.24. The molecule has 0 saturated carbocycles. The van der Waals surface area contributed by atoms with Gasteiger partial charge in [0.15, 0.2) is 0 Å². The lowest BCUT2D eigenvalue weighted by Gasteiger charge is -2.20. The first kappa shape index (κ1) is 12.8. The van der Waals surface area contributed by atoms with E-state index < -0.39 is 0 Å². The first-order valence-electron chi connectivity index (χ1n) is 5.87. The third kappa shape index (κ3) is 2.96. The van der Waals surface area contributed by atoms with E-state index in [9.17, 15) is 0 Å². The molecule has 1 aromatic carbocycles. The molecule has 0 amide bonds. The number of anilines is 2. The number of thiophene rings is 1. The SMILES string of the molecule is COc1cc(N(C)CCc2cccs2)ccc1N. The smallest absolute Gasteiger partial charge is 0.143 e. The van der Waals surface area contributed by atoms with Crippen molar-refractivity contribution >= 4 is 22.7 Å². The Hall–Kier alpha value is -1.68. The van der Waals surface area contributed by atoms with Crippen LogP contribution < -0.4 is 15.4 Å². The Labute approximate surface area is 112 Å². The van der Waals surface area contributed by atoms with Crippen LogP contribution in [0, 0.1) is 0 Å². The predicted octanol–water partition coefficient (Wildman–Crippen LogP) is 3.02. The molecule has 0 atom stereocenters. The zero-order valence-corrected chi connectivity index (χ0v) is 11.5. The van der Waals surface area contributed by atoms with Crippen LogP contribution in [-0.4, -0.2) is 20.7 Å². The fourth-order valence-electron chi connectivity index (χ4n) is 1.80. The number of nitrogens with two attached hydrogens (primary N) is 1. The number of methoxy groups -OCH3 is 1. The van der Waals surface area contributed by atoms with Crippen molar-refractivity contribution in [1.82, 2.24) is 0 Å². The number of likely N-dealkylation sites (N-methyl/N-ethyl adjacent to an activating group) is 1. The molecular weight excluding hydrogens is 244 g/mol. The molecule has 2 N–H and O–H groups in total. The molecule has 0 aliphatic rings. The van der Waals surface area contributed by atoms with Gasteiger partial charge in [-0.1, -0.05) is 6.07 Å². The summed E-state index contributed by atoms with van der Waals surface area (Å²) in [6, 6.07) is 10.1. The summed E-state index contributed by atoms with van der Waals surface area (Å²) >= 11 is 1.80. The van der Waals surface area contributed by atoms with Gasteiger partial charge in [-0.15, -0.1) is 11.3 Å². The van der Waals surface area contributed by atoms with Crippen LogP contribution in [-0.2, 0) is 6.42 Å². The van der Waals surface area contributed by atoms with Gasteiger partial charge in [0.25, 0.3) is 0 Å². The molecule has 0 radical (unpaired) electrons. The van der Waals surface area contributed by atoms with Crippen molar-refractivity contribution in [3.8, 4) is 5.75 Å². The minimum absolute atomic E-state index is 0.674. The summed E-state index contributed by atoms with van der Waals surface area (Å²) in [5.41, 5.74) is 7.61. The van der Waals surface area contributed by atoms with E-state index in [2.05, 4.69) is 29.5 Å². The van der Waals surface area contributed by atoms with Gasteiger partial charge >= 0.3 is 0 Å².